The van der Waals surface area contributed by atoms with E-state index in [-0.39, 0.29) is 25.4 Å². The molecule has 0 amide bonds. The number of aryl methyl sites for hydroxylation is 1. The number of piperazine rings is 1. The predicted octanol–water partition coefficient (Wildman–Crippen LogP) is 2.63. The molecular formula is C22H24N4O4S. The quantitative estimate of drug-likeness (QED) is 0.563. The maximum absolute atomic E-state index is 13.1. The number of aromatic nitrogens is 2. The van der Waals surface area contributed by atoms with Gasteiger partial charge in [0.25, 0.3) is 0 Å². The van der Waals surface area contributed by atoms with Gasteiger partial charge in [0, 0.05) is 26.2 Å². The number of anilines is 1. The van der Waals surface area contributed by atoms with E-state index in [1.165, 1.54) is 4.31 Å². The molecule has 0 bridgehead atoms. The summed E-state index contributed by atoms with van der Waals surface area (Å²) >= 11 is 0. The highest BCUT2D eigenvalue weighted by Gasteiger charge is 2.32. The minimum Gasteiger partial charge on any atom is -0.461 e. The number of esters is 1. The van der Waals surface area contributed by atoms with Gasteiger partial charge in [-0.1, -0.05) is 30.3 Å². The summed E-state index contributed by atoms with van der Waals surface area (Å²) in [5, 5.41) is 0. The molecule has 0 N–H and O–H groups in total. The molecule has 0 unspecified atom stereocenters. The van der Waals surface area contributed by atoms with Crippen LogP contribution in [0.1, 0.15) is 23.0 Å². The van der Waals surface area contributed by atoms with Crippen LogP contribution in [0.3, 0.4) is 0 Å². The Bertz CT molecular complexity index is 1220. The van der Waals surface area contributed by atoms with Crippen molar-refractivity contribution in [3.63, 3.8) is 0 Å². The average Bonchev–Trinajstić information content (AvgIpc) is 2.78. The van der Waals surface area contributed by atoms with Crippen molar-refractivity contribution in [3.05, 3.63) is 59.8 Å². The first-order valence-corrected chi connectivity index (χ1v) is 11.6. The number of rotatable bonds is 5. The maximum atomic E-state index is 13.1. The van der Waals surface area contributed by atoms with Gasteiger partial charge in [0.15, 0.2) is 11.5 Å². The molecule has 31 heavy (non-hydrogen) atoms. The zero-order chi connectivity index (χ0) is 22.0. The van der Waals surface area contributed by atoms with E-state index < -0.39 is 16.0 Å². The number of carbonyl (C=O) groups is 1. The summed E-state index contributed by atoms with van der Waals surface area (Å²) in [5.41, 5.74) is 2.14. The summed E-state index contributed by atoms with van der Waals surface area (Å²) in [4.78, 5) is 23.9. The van der Waals surface area contributed by atoms with E-state index in [2.05, 4.69) is 9.97 Å². The highest BCUT2D eigenvalue weighted by Crippen LogP contribution is 2.25. The highest BCUT2D eigenvalue weighted by molar-refractivity contribution is 7.89. The van der Waals surface area contributed by atoms with Crippen LogP contribution in [0, 0.1) is 6.92 Å². The van der Waals surface area contributed by atoms with Gasteiger partial charge in [0.1, 0.15) is 0 Å². The number of carbonyl (C=O) groups excluding carboxylic acids is 1. The van der Waals surface area contributed by atoms with Crippen molar-refractivity contribution >= 4 is 32.8 Å². The van der Waals surface area contributed by atoms with E-state index in [0.29, 0.717) is 34.8 Å². The van der Waals surface area contributed by atoms with E-state index in [4.69, 9.17) is 4.74 Å². The Morgan fingerprint density at radius 2 is 1.58 bits per heavy atom. The van der Waals surface area contributed by atoms with Gasteiger partial charge in [-0.25, -0.2) is 23.2 Å². The normalized spacial score (nSPS) is 15.2. The first-order chi connectivity index (χ1) is 14.9. The number of ether oxygens (including phenoxy) is 1. The minimum atomic E-state index is -3.59. The van der Waals surface area contributed by atoms with E-state index in [1.54, 1.807) is 38.1 Å². The molecule has 8 nitrogen and oxygen atoms in total. The number of para-hydroxylation sites is 2. The monoisotopic (exact) mass is 440 g/mol. The average molecular weight is 441 g/mol. The van der Waals surface area contributed by atoms with E-state index in [0.717, 1.165) is 5.56 Å². The first kappa shape index (κ1) is 21.2. The molecule has 0 radical (unpaired) electrons. The number of nitrogens with zero attached hydrogens (tertiary/aromatic N) is 4. The Morgan fingerprint density at radius 3 is 2.23 bits per heavy atom. The Morgan fingerprint density at radius 1 is 0.968 bits per heavy atom. The standard InChI is InChI=1S/C22H24N4O4S/c1-3-30-22(27)20-21(24-18-10-6-5-9-17(18)23-20)25-12-14-26(15-13-25)31(28,29)19-11-7-4-8-16(19)2/h4-11H,3,12-15H2,1-2H3. The molecule has 1 aromatic heterocycles. The molecule has 1 aliphatic rings. The molecule has 0 saturated carbocycles. The van der Waals surface area contributed by atoms with Crippen LogP contribution in [0.4, 0.5) is 5.82 Å². The maximum Gasteiger partial charge on any atom is 0.360 e. The van der Waals surface area contributed by atoms with Gasteiger partial charge in [-0.15, -0.1) is 0 Å². The Balaban J connectivity index is 1.62. The van der Waals surface area contributed by atoms with Gasteiger partial charge in [-0.2, -0.15) is 4.31 Å². The lowest BCUT2D eigenvalue weighted by Crippen LogP contribution is -2.49. The zero-order valence-electron chi connectivity index (χ0n) is 17.5. The predicted molar refractivity (Wildman–Crippen MR) is 118 cm³/mol. The lowest BCUT2D eigenvalue weighted by molar-refractivity contribution is 0.0520. The second-order valence-corrected chi connectivity index (χ2v) is 9.17. The van der Waals surface area contributed by atoms with Crippen molar-refractivity contribution in [3.8, 4) is 0 Å². The Kier molecular flexibility index (Phi) is 5.88. The molecule has 1 fully saturated rings. The minimum absolute atomic E-state index is 0.149. The van der Waals surface area contributed by atoms with Crippen LogP contribution in [0.25, 0.3) is 11.0 Å². The van der Waals surface area contributed by atoms with Crippen LogP contribution in [0.15, 0.2) is 53.4 Å². The molecule has 0 spiro atoms. The van der Waals surface area contributed by atoms with E-state index >= 15 is 0 Å². The smallest absolute Gasteiger partial charge is 0.360 e. The molecule has 9 heteroatoms. The van der Waals surface area contributed by atoms with E-state index in [1.807, 2.05) is 29.2 Å². The SMILES string of the molecule is CCOC(=O)c1nc2ccccc2nc1N1CCN(S(=O)(=O)c2ccccc2C)CC1. The summed E-state index contributed by atoms with van der Waals surface area (Å²) < 4.78 is 32.8. The fourth-order valence-corrected chi connectivity index (χ4v) is 5.32. The van der Waals surface area contributed by atoms with Crippen LogP contribution < -0.4 is 4.90 Å². The van der Waals surface area contributed by atoms with Gasteiger partial charge in [0.05, 0.1) is 22.5 Å². The molecule has 4 rings (SSSR count). The van der Waals surface area contributed by atoms with Gasteiger partial charge in [0.2, 0.25) is 10.0 Å². The fraction of sp³-hybridized carbons (Fsp3) is 0.318. The molecule has 1 aliphatic heterocycles. The van der Waals surface area contributed by atoms with Crippen molar-refractivity contribution in [1.82, 2.24) is 14.3 Å². The molecule has 162 valence electrons. The van der Waals surface area contributed by atoms with Crippen LogP contribution in [0.5, 0.6) is 0 Å². The zero-order valence-corrected chi connectivity index (χ0v) is 18.3. The van der Waals surface area contributed by atoms with Gasteiger partial charge in [-0.05, 0) is 37.6 Å². The molecule has 2 heterocycles. The van der Waals surface area contributed by atoms with Crippen molar-refractivity contribution in [2.75, 3.05) is 37.7 Å². The number of fused-ring (bicyclic) bond motifs is 1. The van der Waals surface area contributed by atoms with Crippen LogP contribution in [-0.2, 0) is 14.8 Å². The highest BCUT2D eigenvalue weighted by atomic mass is 32.2. The summed E-state index contributed by atoms with van der Waals surface area (Å²) in [6.45, 7) is 5.12. The molecule has 0 aliphatic carbocycles. The third-order valence-corrected chi connectivity index (χ3v) is 7.33. The summed E-state index contributed by atoms with van der Waals surface area (Å²) in [6, 6.07) is 14.3. The van der Waals surface area contributed by atoms with Crippen LogP contribution >= 0.6 is 0 Å². The molecule has 3 aromatic rings. The number of hydrogen-bond acceptors (Lipinski definition) is 7. The molecular weight excluding hydrogens is 416 g/mol. The van der Waals surface area contributed by atoms with Crippen molar-refractivity contribution in [2.24, 2.45) is 0 Å². The molecule has 1 saturated heterocycles. The lowest BCUT2D eigenvalue weighted by atomic mass is 10.2. The lowest BCUT2D eigenvalue weighted by Gasteiger charge is -2.35. The van der Waals surface area contributed by atoms with Gasteiger partial charge in [-0.3, -0.25) is 0 Å². The van der Waals surface area contributed by atoms with Crippen molar-refractivity contribution in [1.29, 1.82) is 0 Å². The molecule has 2 aromatic carbocycles. The fourth-order valence-electron chi connectivity index (χ4n) is 3.67. The van der Waals surface area contributed by atoms with Gasteiger partial charge < -0.3 is 9.64 Å². The number of benzene rings is 2. The van der Waals surface area contributed by atoms with E-state index in [9.17, 15) is 13.2 Å². The summed E-state index contributed by atoms with van der Waals surface area (Å²) in [7, 11) is -3.59. The Labute approximate surface area is 181 Å². The number of hydrogen-bond donors (Lipinski definition) is 0. The third kappa shape index (κ3) is 4.11. The summed E-state index contributed by atoms with van der Waals surface area (Å²) in [5.74, 6) is -0.115. The van der Waals surface area contributed by atoms with Crippen LogP contribution in [-0.4, -0.2) is 61.4 Å². The third-order valence-electron chi connectivity index (χ3n) is 5.27. The van der Waals surface area contributed by atoms with Crippen LogP contribution in [0.2, 0.25) is 0 Å². The number of sulfonamides is 1. The Hall–Kier alpha value is -3.04. The van der Waals surface area contributed by atoms with Crippen molar-refractivity contribution < 1.29 is 17.9 Å². The largest absolute Gasteiger partial charge is 0.461 e. The van der Waals surface area contributed by atoms with Gasteiger partial charge >= 0.3 is 5.97 Å². The second kappa shape index (κ2) is 8.60. The van der Waals surface area contributed by atoms with Crippen molar-refractivity contribution in [2.45, 2.75) is 18.7 Å². The topological polar surface area (TPSA) is 92.7 Å². The summed E-state index contributed by atoms with van der Waals surface area (Å²) in [6.07, 6.45) is 0. The molecule has 0 atom stereocenters. The first-order valence-electron chi connectivity index (χ1n) is 10.2. The second-order valence-electron chi connectivity index (χ2n) is 7.26.